The fourth-order valence-electron chi connectivity index (χ4n) is 4.51. The number of para-hydroxylation sites is 1. The zero-order chi connectivity index (χ0) is 17.6. The molecule has 0 aromatic heterocycles. The molecule has 2 heterocycles. The van der Waals surface area contributed by atoms with Crippen molar-refractivity contribution in [1.29, 1.82) is 0 Å². The monoisotopic (exact) mass is 381 g/mol. The van der Waals surface area contributed by atoms with Crippen molar-refractivity contribution in [2.24, 2.45) is 11.3 Å². The molecule has 0 bridgehead atoms. The molecule has 1 spiro atoms. The number of carbonyl (C=O) groups excluding carboxylic acids is 2. The lowest BCUT2D eigenvalue weighted by Crippen LogP contribution is -2.44. The van der Waals surface area contributed by atoms with Gasteiger partial charge >= 0.3 is 0 Å². The van der Waals surface area contributed by atoms with E-state index in [1.165, 1.54) is 11.0 Å². The predicted molar refractivity (Wildman–Crippen MR) is 99.8 cm³/mol. The molecular formula is C19H25ClFN3O2. The molecule has 2 unspecified atom stereocenters. The van der Waals surface area contributed by atoms with E-state index in [1.807, 2.05) is 0 Å². The Kier molecular flexibility index (Phi) is 5.26. The van der Waals surface area contributed by atoms with E-state index in [9.17, 15) is 14.0 Å². The minimum absolute atomic E-state index is 0. The molecule has 3 aliphatic rings. The first kappa shape index (κ1) is 19.1. The largest absolute Gasteiger partial charge is 0.333 e. The Hall–Kier alpha value is -1.66. The maximum Gasteiger partial charge on any atom is 0.249 e. The maximum absolute atomic E-state index is 14.0. The third-order valence-electron chi connectivity index (χ3n) is 6.22. The first-order valence-electron chi connectivity index (χ1n) is 9.07. The Bertz CT molecular complexity index is 708. The number of hydrogen-bond acceptors (Lipinski definition) is 3. The van der Waals surface area contributed by atoms with Crippen molar-refractivity contribution >= 4 is 29.9 Å². The fraction of sp³-hybridized carbons (Fsp3) is 0.579. The Morgan fingerprint density at radius 2 is 2.00 bits per heavy atom. The van der Waals surface area contributed by atoms with Crippen molar-refractivity contribution in [1.82, 2.24) is 10.2 Å². The number of piperidine rings is 1. The zero-order valence-electron chi connectivity index (χ0n) is 14.9. The average Bonchev–Trinajstić information content (AvgIpc) is 3.17. The van der Waals surface area contributed by atoms with Crippen molar-refractivity contribution < 1.29 is 14.0 Å². The summed E-state index contributed by atoms with van der Waals surface area (Å²) >= 11 is 0. The number of likely N-dealkylation sites (N-methyl/N-ethyl adjacent to an activating group) is 1. The minimum Gasteiger partial charge on any atom is -0.333 e. The third kappa shape index (κ3) is 3.09. The summed E-state index contributed by atoms with van der Waals surface area (Å²) in [5.74, 6) is -0.451. The number of anilines is 1. The van der Waals surface area contributed by atoms with Gasteiger partial charge in [0.2, 0.25) is 11.8 Å². The molecule has 2 amide bonds. The molecule has 26 heavy (non-hydrogen) atoms. The van der Waals surface area contributed by atoms with Gasteiger partial charge in [-0.05, 0) is 56.3 Å². The molecule has 1 aliphatic carbocycles. The number of carbonyl (C=O) groups is 2. The van der Waals surface area contributed by atoms with Crippen molar-refractivity contribution in [3.63, 3.8) is 0 Å². The molecular weight excluding hydrogens is 357 g/mol. The van der Waals surface area contributed by atoms with E-state index in [-0.39, 0.29) is 35.6 Å². The first-order chi connectivity index (χ1) is 12.0. The Morgan fingerprint density at radius 1 is 1.31 bits per heavy atom. The number of hydrogen-bond donors (Lipinski definition) is 1. The molecule has 142 valence electrons. The van der Waals surface area contributed by atoms with Crippen LogP contribution in [0.3, 0.4) is 0 Å². The van der Waals surface area contributed by atoms with Crippen LogP contribution in [0.2, 0.25) is 0 Å². The van der Waals surface area contributed by atoms with Gasteiger partial charge in [-0.2, -0.15) is 0 Å². The molecule has 1 saturated carbocycles. The standard InChI is InChI=1S/C19H24FN3O2.ClH/c1-22(17(24)13-12-19(13)7-9-21-10-8-19)16-6-11-23(18(16)25)15-5-3-2-4-14(15)20;/h2-5,13,16,21H,6-12H2,1H3;1H. The lowest BCUT2D eigenvalue weighted by atomic mass is 9.91. The lowest BCUT2D eigenvalue weighted by molar-refractivity contribution is -0.138. The summed E-state index contributed by atoms with van der Waals surface area (Å²) in [5, 5.41) is 3.34. The van der Waals surface area contributed by atoms with Crippen LogP contribution in [0.5, 0.6) is 0 Å². The summed E-state index contributed by atoms with van der Waals surface area (Å²) in [6.07, 6.45) is 3.57. The Labute approximate surface area is 159 Å². The van der Waals surface area contributed by atoms with Gasteiger partial charge in [0.05, 0.1) is 5.69 Å². The van der Waals surface area contributed by atoms with E-state index in [0.717, 1.165) is 32.4 Å². The van der Waals surface area contributed by atoms with Gasteiger partial charge in [-0.15, -0.1) is 12.4 Å². The zero-order valence-corrected chi connectivity index (χ0v) is 15.7. The van der Waals surface area contributed by atoms with Crippen molar-refractivity contribution in [3.8, 4) is 0 Å². The van der Waals surface area contributed by atoms with Crippen LogP contribution in [0.4, 0.5) is 10.1 Å². The molecule has 1 N–H and O–H groups in total. The summed E-state index contributed by atoms with van der Waals surface area (Å²) < 4.78 is 14.0. The summed E-state index contributed by atoms with van der Waals surface area (Å²) in [7, 11) is 1.73. The highest BCUT2D eigenvalue weighted by molar-refractivity contribution is 6.01. The Morgan fingerprint density at radius 3 is 2.69 bits per heavy atom. The van der Waals surface area contributed by atoms with Crippen LogP contribution in [0, 0.1) is 17.2 Å². The molecule has 0 radical (unpaired) electrons. The summed E-state index contributed by atoms with van der Waals surface area (Å²) in [4.78, 5) is 28.7. The van der Waals surface area contributed by atoms with Crippen molar-refractivity contribution in [2.45, 2.75) is 31.7 Å². The molecule has 3 fully saturated rings. The van der Waals surface area contributed by atoms with Gasteiger partial charge in [-0.3, -0.25) is 9.59 Å². The van der Waals surface area contributed by atoms with Crippen molar-refractivity contribution in [2.75, 3.05) is 31.6 Å². The van der Waals surface area contributed by atoms with Crippen molar-refractivity contribution in [3.05, 3.63) is 30.1 Å². The maximum atomic E-state index is 14.0. The highest BCUT2D eigenvalue weighted by Gasteiger charge is 2.59. The van der Waals surface area contributed by atoms with Crippen LogP contribution in [0.25, 0.3) is 0 Å². The van der Waals surface area contributed by atoms with Crippen LogP contribution in [0.15, 0.2) is 24.3 Å². The molecule has 4 rings (SSSR count). The highest BCUT2D eigenvalue weighted by atomic mass is 35.5. The molecule has 2 aliphatic heterocycles. The molecule has 5 nitrogen and oxygen atoms in total. The first-order valence-corrected chi connectivity index (χ1v) is 9.07. The predicted octanol–water partition coefficient (Wildman–Crippen LogP) is 2.20. The van der Waals surface area contributed by atoms with Gasteiger partial charge in [0.1, 0.15) is 11.9 Å². The SMILES string of the molecule is CN(C(=O)C1CC12CCNCC2)C1CCN(c2ccccc2F)C1=O.Cl. The molecule has 2 atom stereocenters. The highest BCUT2D eigenvalue weighted by Crippen LogP contribution is 2.59. The molecule has 1 aromatic rings. The van der Waals surface area contributed by atoms with Gasteiger partial charge in [-0.25, -0.2) is 4.39 Å². The summed E-state index contributed by atoms with van der Waals surface area (Å²) in [5.41, 5.74) is 0.459. The topological polar surface area (TPSA) is 52.7 Å². The Balaban J connectivity index is 0.00000196. The van der Waals surface area contributed by atoms with E-state index in [1.54, 1.807) is 30.1 Å². The second-order valence-electron chi connectivity index (χ2n) is 7.56. The molecule has 1 aromatic carbocycles. The van der Waals surface area contributed by atoms with E-state index in [2.05, 4.69) is 5.32 Å². The van der Waals surface area contributed by atoms with E-state index >= 15 is 0 Å². The van der Waals surface area contributed by atoms with E-state index in [4.69, 9.17) is 0 Å². The fourth-order valence-corrected chi connectivity index (χ4v) is 4.51. The second-order valence-corrected chi connectivity index (χ2v) is 7.56. The summed E-state index contributed by atoms with van der Waals surface area (Å²) in [6, 6.07) is 5.82. The van der Waals surface area contributed by atoms with Gasteiger partial charge in [-0.1, -0.05) is 12.1 Å². The second kappa shape index (κ2) is 7.16. The van der Waals surface area contributed by atoms with Crippen LogP contribution < -0.4 is 10.2 Å². The van der Waals surface area contributed by atoms with Gasteiger partial charge in [0.15, 0.2) is 0 Å². The number of benzene rings is 1. The quantitative estimate of drug-likeness (QED) is 0.873. The number of halogens is 2. The normalized spacial score (nSPS) is 26.5. The molecule has 2 saturated heterocycles. The van der Waals surface area contributed by atoms with Crippen LogP contribution >= 0.6 is 12.4 Å². The van der Waals surface area contributed by atoms with Gasteiger partial charge in [0, 0.05) is 19.5 Å². The molecule has 7 heteroatoms. The smallest absolute Gasteiger partial charge is 0.249 e. The number of nitrogens with zero attached hydrogens (tertiary/aromatic N) is 2. The van der Waals surface area contributed by atoms with E-state index in [0.29, 0.717) is 18.7 Å². The number of nitrogens with one attached hydrogen (secondary N) is 1. The van der Waals surface area contributed by atoms with Crippen LogP contribution in [-0.2, 0) is 9.59 Å². The van der Waals surface area contributed by atoms with E-state index < -0.39 is 11.9 Å². The third-order valence-corrected chi connectivity index (χ3v) is 6.22. The minimum atomic E-state index is -0.480. The average molecular weight is 382 g/mol. The lowest BCUT2D eigenvalue weighted by Gasteiger charge is -2.27. The van der Waals surface area contributed by atoms with Crippen LogP contribution in [-0.4, -0.2) is 49.4 Å². The summed E-state index contributed by atoms with van der Waals surface area (Å²) in [6.45, 7) is 2.38. The number of amides is 2. The van der Waals surface area contributed by atoms with Gasteiger partial charge in [0.25, 0.3) is 0 Å². The van der Waals surface area contributed by atoms with Gasteiger partial charge < -0.3 is 15.1 Å². The van der Waals surface area contributed by atoms with Crippen LogP contribution in [0.1, 0.15) is 25.7 Å². The number of rotatable bonds is 3.